The Labute approximate surface area is 142 Å². The Kier molecular flexibility index (Phi) is 14.8. The molecule has 4 heteroatoms. The number of nitrogens with two attached hydrogens (primary N) is 1. The second-order valence-electron chi connectivity index (χ2n) is 6.83. The summed E-state index contributed by atoms with van der Waals surface area (Å²) >= 11 is 0. The quantitative estimate of drug-likeness (QED) is 0.362. The van der Waals surface area contributed by atoms with E-state index in [4.69, 9.17) is 15.9 Å². The summed E-state index contributed by atoms with van der Waals surface area (Å²) in [5, 5.41) is 18.1. The third-order valence-corrected chi connectivity index (χ3v) is 4.32. The van der Waals surface area contributed by atoms with Gasteiger partial charge in [-0.05, 0) is 12.8 Å². The first-order valence-corrected chi connectivity index (χ1v) is 9.43. The monoisotopic (exact) mass is 331 g/mol. The van der Waals surface area contributed by atoms with Crippen molar-refractivity contribution in [2.75, 3.05) is 13.2 Å². The fourth-order valence-corrected chi connectivity index (χ4v) is 2.64. The van der Waals surface area contributed by atoms with Gasteiger partial charge in [-0.1, -0.05) is 77.2 Å². The number of hydrogen-bond acceptors (Lipinski definition) is 3. The number of rotatable bonds is 16. The van der Waals surface area contributed by atoms with Crippen molar-refractivity contribution in [2.45, 2.75) is 95.9 Å². The SMILES string of the molecule is CCCCCCCCCCCCC/C=C(\F)CC(N)(CO)CO. The number of aliphatic hydroxyl groups is 2. The molecule has 0 amide bonds. The van der Waals surface area contributed by atoms with E-state index in [-0.39, 0.29) is 12.2 Å². The van der Waals surface area contributed by atoms with Gasteiger partial charge in [0.25, 0.3) is 0 Å². The summed E-state index contributed by atoms with van der Waals surface area (Å²) < 4.78 is 13.6. The normalized spacial score (nSPS) is 12.8. The lowest BCUT2D eigenvalue weighted by Gasteiger charge is -2.23. The van der Waals surface area contributed by atoms with Crippen molar-refractivity contribution in [3.63, 3.8) is 0 Å². The molecular weight excluding hydrogens is 293 g/mol. The maximum Gasteiger partial charge on any atom is 0.0979 e. The zero-order valence-electron chi connectivity index (χ0n) is 15.0. The van der Waals surface area contributed by atoms with Crippen molar-refractivity contribution >= 4 is 0 Å². The third kappa shape index (κ3) is 13.7. The van der Waals surface area contributed by atoms with Crippen LogP contribution in [0, 0.1) is 0 Å². The highest BCUT2D eigenvalue weighted by atomic mass is 19.1. The van der Waals surface area contributed by atoms with Gasteiger partial charge in [0.15, 0.2) is 0 Å². The van der Waals surface area contributed by atoms with Gasteiger partial charge < -0.3 is 15.9 Å². The maximum atomic E-state index is 13.6. The van der Waals surface area contributed by atoms with Crippen LogP contribution in [-0.2, 0) is 0 Å². The molecule has 0 aliphatic rings. The number of unbranched alkanes of at least 4 members (excludes halogenated alkanes) is 11. The van der Waals surface area contributed by atoms with Gasteiger partial charge in [-0.3, -0.25) is 0 Å². The highest BCUT2D eigenvalue weighted by Crippen LogP contribution is 2.17. The van der Waals surface area contributed by atoms with E-state index in [1.165, 1.54) is 57.8 Å². The molecule has 138 valence electrons. The Morgan fingerprint density at radius 2 is 1.30 bits per heavy atom. The molecule has 0 radical (unpaired) electrons. The zero-order chi connectivity index (χ0) is 17.4. The van der Waals surface area contributed by atoms with Crippen molar-refractivity contribution in [2.24, 2.45) is 5.73 Å². The predicted molar refractivity (Wildman–Crippen MR) is 96.0 cm³/mol. The molecule has 0 saturated carbocycles. The molecule has 0 fully saturated rings. The van der Waals surface area contributed by atoms with E-state index >= 15 is 0 Å². The molecule has 0 heterocycles. The molecule has 0 aliphatic heterocycles. The van der Waals surface area contributed by atoms with Gasteiger partial charge in [0.05, 0.1) is 24.6 Å². The van der Waals surface area contributed by atoms with E-state index in [9.17, 15) is 4.39 Å². The van der Waals surface area contributed by atoms with E-state index < -0.39 is 18.8 Å². The van der Waals surface area contributed by atoms with E-state index in [0.717, 1.165) is 12.8 Å². The van der Waals surface area contributed by atoms with Gasteiger partial charge in [0, 0.05) is 6.42 Å². The Balaban J connectivity index is 3.46. The first kappa shape index (κ1) is 22.6. The van der Waals surface area contributed by atoms with Crippen molar-refractivity contribution in [1.82, 2.24) is 0 Å². The summed E-state index contributed by atoms with van der Waals surface area (Å²) in [6.45, 7) is 1.42. The van der Waals surface area contributed by atoms with Gasteiger partial charge >= 0.3 is 0 Å². The molecule has 0 aliphatic carbocycles. The van der Waals surface area contributed by atoms with Crippen molar-refractivity contribution in [3.8, 4) is 0 Å². The van der Waals surface area contributed by atoms with Crippen LogP contribution in [-0.4, -0.2) is 29.0 Å². The first-order chi connectivity index (χ1) is 11.1. The molecule has 0 aromatic carbocycles. The summed E-state index contributed by atoms with van der Waals surface area (Å²) in [5.74, 6) is -0.331. The van der Waals surface area contributed by atoms with Crippen LogP contribution in [0.3, 0.4) is 0 Å². The molecule has 0 saturated heterocycles. The average Bonchev–Trinajstić information content (AvgIpc) is 2.55. The minimum atomic E-state index is -1.24. The lowest BCUT2D eigenvalue weighted by Crippen LogP contribution is -2.47. The van der Waals surface area contributed by atoms with Crippen LogP contribution >= 0.6 is 0 Å². The molecule has 0 spiro atoms. The van der Waals surface area contributed by atoms with Gasteiger partial charge in [-0.2, -0.15) is 0 Å². The second kappa shape index (κ2) is 15.1. The van der Waals surface area contributed by atoms with E-state index in [1.54, 1.807) is 6.08 Å². The van der Waals surface area contributed by atoms with Crippen LogP contribution < -0.4 is 5.73 Å². The Bertz CT molecular complexity index is 291. The molecule has 0 aromatic rings. The molecule has 0 bridgehead atoms. The minimum Gasteiger partial charge on any atom is -0.394 e. The lowest BCUT2D eigenvalue weighted by molar-refractivity contribution is 0.116. The number of allylic oxidation sites excluding steroid dienone is 1. The molecule has 3 nitrogen and oxygen atoms in total. The fraction of sp³-hybridized carbons (Fsp3) is 0.895. The smallest absolute Gasteiger partial charge is 0.0979 e. The Hall–Kier alpha value is -0.450. The molecular formula is C19H38FNO2. The summed E-state index contributed by atoms with van der Waals surface area (Å²) in [5.41, 5.74) is 4.41. The van der Waals surface area contributed by atoms with Gasteiger partial charge in [0.2, 0.25) is 0 Å². The molecule has 4 N–H and O–H groups in total. The van der Waals surface area contributed by atoms with Crippen molar-refractivity contribution in [3.05, 3.63) is 11.9 Å². The largest absolute Gasteiger partial charge is 0.394 e. The molecule has 23 heavy (non-hydrogen) atoms. The van der Waals surface area contributed by atoms with Crippen molar-refractivity contribution < 1.29 is 14.6 Å². The van der Waals surface area contributed by atoms with Crippen LogP contribution in [0.25, 0.3) is 0 Å². The zero-order valence-corrected chi connectivity index (χ0v) is 15.0. The van der Waals surface area contributed by atoms with Gasteiger partial charge in [0.1, 0.15) is 0 Å². The Morgan fingerprint density at radius 3 is 1.74 bits per heavy atom. The van der Waals surface area contributed by atoms with Crippen LogP contribution in [0.4, 0.5) is 4.39 Å². The molecule has 0 aromatic heterocycles. The average molecular weight is 332 g/mol. The maximum absolute atomic E-state index is 13.6. The van der Waals surface area contributed by atoms with Crippen LogP contribution in [0.15, 0.2) is 11.9 Å². The van der Waals surface area contributed by atoms with E-state index in [2.05, 4.69) is 6.92 Å². The van der Waals surface area contributed by atoms with Gasteiger partial charge in [-0.15, -0.1) is 0 Å². The van der Waals surface area contributed by atoms with Gasteiger partial charge in [-0.25, -0.2) is 4.39 Å². The molecule has 0 rings (SSSR count). The van der Waals surface area contributed by atoms with E-state index in [1.807, 2.05) is 0 Å². The lowest BCUT2D eigenvalue weighted by atomic mass is 9.97. The van der Waals surface area contributed by atoms with Crippen LogP contribution in [0.1, 0.15) is 90.4 Å². The summed E-state index contributed by atoms with van der Waals surface area (Å²) in [4.78, 5) is 0. The molecule has 0 atom stereocenters. The first-order valence-electron chi connectivity index (χ1n) is 9.43. The standard InChI is InChI=1S/C19H38FNO2/c1-2-3-4-5-6-7-8-9-10-11-12-13-14-18(20)15-19(21,16-22)17-23/h14,22-23H,2-13,15-17,21H2,1H3/b18-14-. The second-order valence-corrected chi connectivity index (χ2v) is 6.83. The highest BCUT2D eigenvalue weighted by Gasteiger charge is 2.24. The topological polar surface area (TPSA) is 66.5 Å². The predicted octanol–water partition coefficient (Wildman–Crippen LogP) is 4.61. The number of aliphatic hydroxyl groups excluding tert-OH is 2. The fourth-order valence-electron chi connectivity index (χ4n) is 2.64. The minimum absolute atomic E-state index is 0.0992. The van der Waals surface area contributed by atoms with Crippen molar-refractivity contribution in [1.29, 1.82) is 0 Å². The number of hydrogen-bond donors (Lipinski definition) is 3. The Morgan fingerprint density at radius 1 is 0.870 bits per heavy atom. The number of halogens is 1. The summed E-state index contributed by atoms with van der Waals surface area (Å²) in [6.07, 6.45) is 16.2. The van der Waals surface area contributed by atoms with Crippen LogP contribution in [0.2, 0.25) is 0 Å². The summed E-state index contributed by atoms with van der Waals surface area (Å²) in [6, 6.07) is 0. The van der Waals surface area contributed by atoms with Crippen LogP contribution in [0.5, 0.6) is 0 Å². The van der Waals surface area contributed by atoms with E-state index in [0.29, 0.717) is 6.42 Å². The highest BCUT2D eigenvalue weighted by molar-refractivity contribution is 5.00. The molecule has 0 unspecified atom stereocenters. The summed E-state index contributed by atoms with van der Waals surface area (Å²) in [7, 11) is 0. The third-order valence-electron chi connectivity index (χ3n) is 4.32.